The number of aliphatic hydroxyl groups excluding tert-OH is 4. The first-order valence-corrected chi connectivity index (χ1v) is 19.6. The summed E-state index contributed by atoms with van der Waals surface area (Å²) in [6, 6.07) is 0. The maximum absolute atomic E-state index is 10.6. The van der Waals surface area contributed by atoms with E-state index < -0.39 is 87.9 Å². The molecule has 0 spiro atoms. The van der Waals surface area contributed by atoms with Crippen molar-refractivity contribution < 1.29 is 161 Å². The van der Waals surface area contributed by atoms with Crippen LogP contribution >= 0.6 is 0 Å². The van der Waals surface area contributed by atoms with Crippen LogP contribution in [0.4, 0.5) is 0 Å². The van der Waals surface area contributed by atoms with E-state index in [9.17, 15) is 67.8 Å². The largest absolute Gasteiger partial charge is 1.00 e. The molecule has 20 nitrogen and oxygen atoms in total. The molecule has 0 aromatic carbocycles. The predicted molar refractivity (Wildman–Crippen MR) is 150 cm³/mol. The molecule has 2 fully saturated rings. The summed E-state index contributed by atoms with van der Waals surface area (Å²) in [4.78, 5) is 7.11. The van der Waals surface area contributed by atoms with Gasteiger partial charge in [-0.1, -0.05) is 0 Å². The van der Waals surface area contributed by atoms with Crippen LogP contribution in [0, 0.1) is 0 Å². The second-order valence-corrected chi connectivity index (χ2v) is 16.6. The summed E-state index contributed by atoms with van der Waals surface area (Å²) >= 11 is 0. The molecule has 27 heteroatoms. The van der Waals surface area contributed by atoms with Gasteiger partial charge in [0.05, 0.1) is 72.0 Å². The quantitative estimate of drug-likeness (QED) is 0.0716. The van der Waals surface area contributed by atoms with Crippen LogP contribution in [-0.2, 0) is 40.5 Å². The van der Waals surface area contributed by atoms with Crippen LogP contribution in [0.1, 0.15) is 0 Å². The number of rotatable bonds is 16. The molecular formula is C20H41N4Na3O16S4. The number of nitrogens with zero attached hydrogens (tertiary/aromatic N) is 4. The molecule has 0 bridgehead atoms. The van der Waals surface area contributed by atoms with Crippen molar-refractivity contribution in [2.45, 2.75) is 24.4 Å². The minimum Gasteiger partial charge on any atom is -0.748 e. The Morgan fingerprint density at radius 1 is 0.426 bits per heavy atom. The monoisotopic (exact) mass is 790 g/mol. The number of aliphatic hydroxyl groups is 4. The number of hydrogen-bond acceptors (Lipinski definition) is 19. The Hall–Kier alpha value is 2.32. The summed E-state index contributed by atoms with van der Waals surface area (Å²) in [5.74, 6) is -3.24. The molecule has 0 radical (unpaired) electrons. The first-order valence-electron chi connectivity index (χ1n) is 13.3. The molecule has 4 unspecified atom stereocenters. The smallest absolute Gasteiger partial charge is 0.748 e. The standard InChI is InChI=1S/2C10H22N2O8S2.3Na/c2*13-9(7-21(15,16)17)5-11-1-2-12(4-3-11)6-10(14)8-22(18,19)20;;;/h2*9-10,13-14H,1-8H2,(H,15,16,17)(H,18,19,20);;;/q;;3*+1/p-3. The van der Waals surface area contributed by atoms with E-state index in [0.29, 0.717) is 52.4 Å². The number of β-amino-alcohol motifs (C(OH)–C–C–N with tert-alkyl or cyclic N) is 4. The molecule has 0 saturated carbocycles. The Bertz CT molecular complexity index is 1100. The van der Waals surface area contributed by atoms with Crippen LogP contribution < -0.4 is 88.7 Å². The molecule has 264 valence electrons. The van der Waals surface area contributed by atoms with Crippen LogP contribution in [0.15, 0.2) is 0 Å². The Kier molecular flexibility index (Phi) is 28.1. The van der Waals surface area contributed by atoms with Gasteiger partial charge in [-0.15, -0.1) is 0 Å². The van der Waals surface area contributed by atoms with Crippen LogP contribution in [0.2, 0.25) is 0 Å². The van der Waals surface area contributed by atoms with Crippen molar-refractivity contribution in [3.63, 3.8) is 0 Å². The fraction of sp³-hybridized carbons (Fsp3) is 1.00. The molecule has 2 heterocycles. The summed E-state index contributed by atoms with van der Waals surface area (Å²) in [7, 11) is -17.6. The average molecular weight is 791 g/mol. The van der Waals surface area contributed by atoms with Crippen molar-refractivity contribution in [3.05, 3.63) is 0 Å². The van der Waals surface area contributed by atoms with E-state index in [2.05, 4.69) is 0 Å². The SMILES string of the molecule is O=S(=O)([O-])CC(O)CN1CCN(CC(O)CS(=O)(=O)O)CC1.O=S(=O)([O-])CC(O)CN1CCN(CC(O)CS(=O)(=O)[O-])CC1.[Na+].[Na+].[Na+]. The maximum atomic E-state index is 10.6. The van der Waals surface area contributed by atoms with Gasteiger partial charge in [-0.25, -0.2) is 25.3 Å². The van der Waals surface area contributed by atoms with E-state index in [0.717, 1.165) is 0 Å². The third-order valence-corrected chi connectivity index (χ3v) is 9.58. The number of piperazine rings is 2. The fourth-order valence-electron chi connectivity index (χ4n) is 4.66. The zero-order valence-corrected chi connectivity index (χ0v) is 36.0. The molecule has 0 aromatic heterocycles. The molecule has 4 atom stereocenters. The van der Waals surface area contributed by atoms with E-state index in [1.54, 1.807) is 19.6 Å². The zero-order valence-electron chi connectivity index (χ0n) is 26.8. The summed E-state index contributed by atoms with van der Waals surface area (Å²) in [6.07, 6.45) is -4.97. The van der Waals surface area contributed by atoms with Gasteiger partial charge in [0.15, 0.2) is 0 Å². The minimum atomic E-state index is -4.47. The second kappa shape index (κ2) is 24.6. The first kappa shape index (κ1) is 53.7. The Balaban J connectivity index is -0.000000774. The molecule has 2 aliphatic heterocycles. The van der Waals surface area contributed by atoms with Crippen molar-refractivity contribution in [2.24, 2.45) is 0 Å². The average Bonchev–Trinajstić information content (AvgIpc) is 2.77. The van der Waals surface area contributed by atoms with E-state index in [1.807, 2.05) is 0 Å². The molecular weight excluding hydrogens is 749 g/mol. The third-order valence-electron chi connectivity index (χ3n) is 6.40. The summed E-state index contributed by atoms with van der Waals surface area (Å²) < 4.78 is 125. The molecule has 2 rings (SSSR count). The van der Waals surface area contributed by atoms with Crippen molar-refractivity contribution >= 4 is 40.5 Å². The van der Waals surface area contributed by atoms with Crippen LogP contribution in [0.25, 0.3) is 0 Å². The molecule has 47 heavy (non-hydrogen) atoms. The Morgan fingerprint density at radius 3 is 0.745 bits per heavy atom. The summed E-state index contributed by atoms with van der Waals surface area (Å²) in [5.41, 5.74) is 0. The van der Waals surface area contributed by atoms with E-state index >= 15 is 0 Å². The Labute approximate surface area is 343 Å². The van der Waals surface area contributed by atoms with Gasteiger partial charge >= 0.3 is 88.7 Å². The molecule has 0 amide bonds. The summed E-state index contributed by atoms with van der Waals surface area (Å²) in [5, 5.41) is 38.0. The van der Waals surface area contributed by atoms with Crippen LogP contribution in [0.3, 0.4) is 0 Å². The molecule has 2 saturated heterocycles. The van der Waals surface area contributed by atoms with Gasteiger partial charge in [-0.2, -0.15) is 8.42 Å². The van der Waals surface area contributed by atoms with Gasteiger partial charge in [0, 0.05) is 78.5 Å². The van der Waals surface area contributed by atoms with E-state index in [-0.39, 0.29) is 115 Å². The van der Waals surface area contributed by atoms with Gasteiger partial charge < -0.3 is 34.1 Å². The minimum absolute atomic E-state index is 0. The van der Waals surface area contributed by atoms with Crippen molar-refractivity contribution in [1.82, 2.24) is 19.6 Å². The van der Waals surface area contributed by atoms with E-state index in [1.165, 1.54) is 0 Å². The van der Waals surface area contributed by atoms with Crippen LogP contribution in [-0.4, -0.2) is 218 Å². The van der Waals surface area contributed by atoms with Crippen molar-refractivity contribution in [3.8, 4) is 0 Å². The maximum Gasteiger partial charge on any atom is 1.00 e. The normalized spacial score (nSPS) is 20.3. The van der Waals surface area contributed by atoms with Crippen LogP contribution in [0.5, 0.6) is 0 Å². The van der Waals surface area contributed by atoms with E-state index in [4.69, 9.17) is 4.55 Å². The zero-order chi connectivity index (χ0) is 33.9. The molecule has 5 N–H and O–H groups in total. The van der Waals surface area contributed by atoms with Crippen molar-refractivity contribution in [2.75, 3.05) is 102 Å². The van der Waals surface area contributed by atoms with Crippen molar-refractivity contribution in [1.29, 1.82) is 0 Å². The van der Waals surface area contributed by atoms with Gasteiger partial charge in [0.1, 0.15) is 5.75 Å². The predicted octanol–water partition coefficient (Wildman–Crippen LogP) is -15.8. The first-order chi connectivity index (χ1) is 19.9. The third kappa shape index (κ3) is 30.5. The molecule has 0 aliphatic carbocycles. The molecule has 2 aliphatic rings. The van der Waals surface area contributed by atoms with Gasteiger partial charge in [-0.3, -0.25) is 24.2 Å². The number of hydrogen-bond donors (Lipinski definition) is 5. The van der Waals surface area contributed by atoms with Gasteiger partial charge in [0.2, 0.25) is 0 Å². The Morgan fingerprint density at radius 2 is 0.596 bits per heavy atom. The van der Waals surface area contributed by atoms with Gasteiger partial charge in [0.25, 0.3) is 10.1 Å². The molecule has 0 aromatic rings. The van der Waals surface area contributed by atoms with Gasteiger partial charge in [-0.05, 0) is 0 Å². The fourth-order valence-corrected chi connectivity index (χ4v) is 6.98. The second-order valence-electron chi connectivity index (χ2n) is 10.7. The summed E-state index contributed by atoms with van der Waals surface area (Å²) in [6.45, 7) is 4.04. The topological polar surface area (TPSA) is 320 Å².